The molecule has 6 heteroatoms. The van der Waals surface area contributed by atoms with E-state index in [4.69, 9.17) is 22.1 Å². The molecular weight excluding hydrogens is 347 g/mol. The molecule has 4 nitrogen and oxygen atoms in total. The molecule has 2 N–H and O–H groups in total. The molecule has 1 aromatic carbocycles. The molecule has 2 aliphatic rings. The average molecular weight is 373 g/mol. The van der Waals surface area contributed by atoms with Crippen molar-refractivity contribution >= 4 is 29.9 Å². The van der Waals surface area contributed by atoms with Crippen LogP contribution in [0.1, 0.15) is 50.1 Å². The first kappa shape index (κ1) is 19.5. The Kier molecular flexibility index (Phi) is 7.35. The van der Waals surface area contributed by atoms with Gasteiger partial charge in [0.05, 0.1) is 12.1 Å². The van der Waals surface area contributed by atoms with E-state index in [0.717, 1.165) is 49.2 Å². The fraction of sp³-hybridized carbons (Fsp3) is 0.611. The zero-order chi connectivity index (χ0) is 16.2. The smallest absolute Gasteiger partial charge is 0.252 e. The summed E-state index contributed by atoms with van der Waals surface area (Å²) in [5, 5.41) is 0.727. The predicted molar refractivity (Wildman–Crippen MR) is 98.6 cm³/mol. The van der Waals surface area contributed by atoms with Crippen LogP contribution in [-0.2, 0) is 9.53 Å². The van der Waals surface area contributed by atoms with Crippen LogP contribution >= 0.6 is 24.0 Å². The van der Waals surface area contributed by atoms with Gasteiger partial charge in [0, 0.05) is 18.1 Å². The fourth-order valence-electron chi connectivity index (χ4n) is 3.65. The van der Waals surface area contributed by atoms with Crippen molar-refractivity contribution in [2.24, 2.45) is 5.73 Å². The van der Waals surface area contributed by atoms with E-state index in [-0.39, 0.29) is 36.6 Å². The van der Waals surface area contributed by atoms with Gasteiger partial charge in [-0.05, 0) is 43.4 Å². The molecule has 134 valence electrons. The van der Waals surface area contributed by atoms with Crippen LogP contribution in [0.4, 0.5) is 0 Å². The first-order chi connectivity index (χ1) is 11.2. The van der Waals surface area contributed by atoms with Crippen molar-refractivity contribution in [1.82, 2.24) is 4.90 Å². The quantitative estimate of drug-likeness (QED) is 0.879. The maximum atomic E-state index is 13.0. The van der Waals surface area contributed by atoms with Crippen molar-refractivity contribution in [3.05, 3.63) is 34.9 Å². The van der Waals surface area contributed by atoms with Crippen molar-refractivity contribution < 1.29 is 9.53 Å². The summed E-state index contributed by atoms with van der Waals surface area (Å²) < 4.78 is 5.83. The van der Waals surface area contributed by atoms with Gasteiger partial charge in [0.25, 0.3) is 5.91 Å². The van der Waals surface area contributed by atoms with Crippen LogP contribution < -0.4 is 5.73 Å². The van der Waals surface area contributed by atoms with Crippen LogP contribution in [-0.4, -0.2) is 36.1 Å². The van der Waals surface area contributed by atoms with Crippen molar-refractivity contribution in [3.8, 4) is 0 Å². The summed E-state index contributed by atoms with van der Waals surface area (Å²) in [6, 6.07) is 8.01. The number of carbonyl (C=O) groups excluding carboxylic acids is 1. The van der Waals surface area contributed by atoms with Gasteiger partial charge in [-0.25, -0.2) is 0 Å². The van der Waals surface area contributed by atoms with Gasteiger partial charge >= 0.3 is 0 Å². The number of hydrogen-bond donors (Lipinski definition) is 1. The van der Waals surface area contributed by atoms with Crippen LogP contribution in [0.15, 0.2) is 24.3 Å². The molecule has 0 radical (unpaired) electrons. The van der Waals surface area contributed by atoms with Gasteiger partial charge < -0.3 is 15.4 Å². The monoisotopic (exact) mass is 372 g/mol. The lowest BCUT2D eigenvalue weighted by Gasteiger charge is -2.32. The SMILES string of the molecule is Cl.NC[C@H]1CC[C@@H](C(=O)N2CCCCCC2c2ccc(Cl)cc2)O1. The Morgan fingerprint density at radius 2 is 1.92 bits per heavy atom. The Balaban J connectivity index is 0.00000208. The number of carbonyl (C=O) groups is 1. The Morgan fingerprint density at radius 1 is 1.17 bits per heavy atom. The second-order valence-corrected chi connectivity index (χ2v) is 6.94. The number of amides is 1. The number of nitrogens with zero attached hydrogens (tertiary/aromatic N) is 1. The minimum Gasteiger partial charge on any atom is -0.364 e. The number of ether oxygens (including phenoxy) is 1. The summed E-state index contributed by atoms with van der Waals surface area (Å²) >= 11 is 6.00. The highest BCUT2D eigenvalue weighted by Crippen LogP contribution is 2.33. The molecule has 0 saturated carbocycles. The van der Waals surface area contributed by atoms with Gasteiger partial charge in [-0.3, -0.25) is 4.79 Å². The molecule has 2 fully saturated rings. The van der Waals surface area contributed by atoms with Crippen molar-refractivity contribution in [1.29, 1.82) is 0 Å². The Hall–Kier alpha value is -0.810. The molecule has 0 aromatic heterocycles. The van der Waals surface area contributed by atoms with Gasteiger partial charge in [0.2, 0.25) is 0 Å². The summed E-state index contributed by atoms with van der Waals surface area (Å²) in [5.41, 5.74) is 6.83. The Bertz CT molecular complexity index is 538. The standard InChI is InChI=1S/C18H25ClN2O2.ClH/c19-14-7-5-13(6-8-14)16-4-2-1-3-11-21(16)18(22)17-10-9-15(12-20)23-17;/h5-8,15-17H,1-4,9-12,20H2;1H/t15-,16?,17+;/m1./s1. The molecule has 1 amide bonds. The maximum Gasteiger partial charge on any atom is 0.252 e. The van der Waals surface area contributed by atoms with Gasteiger partial charge in [0.15, 0.2) is 0 Å². The molecule has 2 aliphatic heterocycles. The van der Waals surface area contributed by atoms with E-state index in [9.17, 15) is 4.79 Å². The number of likely N-dealkylation sites (tertiary alicyclic amines) is 1. The zero-order valence-electron chi connectivity index (χ0n) is 13.8. The topological polar surface area (TPSA) is 55.6 Å². The van der Waals surface area contributed by atoms with Crippen LogP contribution in [0.3, 0.4) is 0 Å². The van der Waals surface area contributed by atoms with E-state index in [1.165, 1.54) is 6.42 Å². The summed E-state index contributed by atoms with van der Waals surface area (Å²) in [4.78, 5) is 15.0. The largest absolute Gasteiger partial charge is 0.364 e. The van der Waals surface area contributed by atoms with Gasteiger partial charge in [-0.15, -0.1) is 12.4 Å². The normalized spacial score (nSPS) is 27.4. The maximum absolute atomic E-state index is 13.0. The number of halogens is 2. The Labute approximate surface area is 155 Å². The molecule has 24 heavy (non-hydrogen) atoms. The van der Waals surface area contributed by atoms with Gasteiger partial charge in [-0.2, -0.15) is 0 Å². The molecule has 0 spiro atoms. The zero-order valence-corrected chi connectivity index (χ0v) is 15.4. The summed E-state index contributed by atoms with van der Waals surface area (Å²) in [6.07, 6.45) is 5.75. The molecule has 0 aliphatic carbocycles. The minimum atomic E-state index is -0.323. The third-order valence-electron chi connectivity index (χ3n) is 4.94. The van der Waals surface area contributed by atoms with E-state index in [1.54, 1.807) is 0 Å². The summed E-state index contributed by atoms with van der Waals surface area (Å²) in [7, 11) is 0. The minimum absolute atomic E-state index is 0. The van der Waals surface area contributed by atoms with E-state index in [2.05, 4.69) is 0 Å². The van der Waals surface area contributed by atoms with E-state index < -0.39 is 0 Å². The highest BCUT2D eigenvalue weighted by molar-refractivity contribution is 6.30. The van der Waals surface area contributed by atoms with Gasteiger partial charge in [0.1, 0.15) is 6.10 Å². The fourth-order valence-corrected chi connectivity index (χ4v) is 3.78. The Morgan fingerprint density at radius 3 is 2.58 bits per heavy atom. The number of hydrogen-bond acceptors (Lipinski definition) is 3. The molecule has 0 bridgehead atoms. The second kappa shape index (κ2) is 9.04. The summed E-state index contributed by atoms with van der Waals surface area (Å²) in [5.74, 6) is 0.128. The molecule has 1 unspecified atom stereocenters. The van der Waals surface area contributed by atoms with E-state index >= 15 is 0 Å². The third-order valence-corrected chi connectivity index (χ3v) is 5.19. The van der Waals surface area contributed by atoms with E-state index in [0.29, 0.717) is 6.54 Å². The number of nitrogens with two attached hydrogens (primary N) is 1. The number of benzene rings is 1. The molecule has 2 heterocycles. The van der Waals surface area contributed by atoms with Crippen molar-refractivity contribution in [3.63, 3.8) is 0 Å². The molecule has 3 atom stereocenters. The lowest BCUT2D eigenvalue weighted by molar-refractivity contribution is -0.145. The molecule has 1 aromatic rings. The van der Waals surface area contributed by atoms with Crippen molar-refractivity contribution in [2.75, 3.05) is 13.1 Å². The number of rotatable bonds is 3. The molecule has 2 saturated heterocycles. The average Bonchev–Trinajstić information content (AvgIpc) is 2.92. The van der Waals surface area contributed by atoms with Crippen LogP contribution in [0.5, 0.6) is 0 Å². The van der Waals surface area contributed by atoms with Crippen molar-refractivity contribution in [2.45, 2.75) is 56.8 Å². The molecular formula is C18H26Cl2N2O2. The van der Waals surface area contributed by atoms with Crippen LogP contribution in [0.25, 0.3) is 0 Å². The summed E-state index contributed by atoms with van der Waals surface area (Å²) in [6.45, 7) is 1.30. The third kappa shape index (κ3) is 4.42. The second-order valence-electron chi connectivity index (χ2n) is 6.51. The highest BCUT2D eigenvalue weighted by Gasteiger charge is 2.36. The van der Waals surface area contributed by atoms with Crippen LogP contribution in [0, 0.1) is 0 Å². The predicted octanol–water partition coefficient (Wildman–Crippen LogP) is 3.71. The first-order valence-electron chi connectivity index (χ1n) is 8.60. The highest BCUT2D eigenvalue weighted by atomic mass is 35.5. The van der Waals surface area contributed by atoms with Crippen LogP contribution in [0.2, 0.25) is 5.02 Å². The lowest BCUT2D eigenvalue weighted by Crippen LogP contribution is -2.42. The van der Waals surface area contributed by atoms with E-state index in [1.807, 2.05) is 29.2 Å². The van der Waals surface area contributed by atoms with Gasteiger partial charge in [-0.1, -0.05) is 36.6 Å². The first-order valence-corrected chi connectivity index (χ1v) is 8.98. The lowest BCUT2D eigenvalue weighted by atomic mass is 10.00. The molecule has 3 rings (SSSR count).